The minimum atomic E-state index is -0.244. The molecule has 18 heavy (non-hydrogen) atoms. The van der Waals surface area contributed by atoms with E-state index >= 15 is 0 Å². The summed E-state index contributed by atoms with van der Waals surface area (Å²) in [7, 11) is 0. The molecule has 0 saturated carbocycles. The summed E-state index contributed by atoms with van der Waals surface area (Å²) in [4.78, 5) is 12.0. The summed E-state index contributed by atoms with van der Waals surface area (Å²) in [5.41, 5.74) is 6.07. The lowest BCUT2D eigenvalue weighted by atomic mass is 10.2. The fraction of sp³-hybridized carbons (Fsp3) is 0.636. The Hall–Kier alpha value is -1.34. The average molecular weight is 272 g/mol. The predicted octanol–water partition coefficient (Wildman–Crippen LogP) is 1.05. The molecular weight excluding hydrogens is 252 g/mol. The van der Waals surface area contributed by atoms with E-state index in [0.29, 0.717) is 10.6 Å². The van der Waals surface area contributed by atoms with Crippen molar-refractivity contribution in [2.45, 2.75) is 39.3 Å². The number of aromatic nitrogens is 1. The quantitative estimate of drug-likeness (QED) is 0.620. The molecule has 0 aromatic carbocycles. The Morgan fingerprint density at radius 3 is 2.72 bits per heavy atom. The van der Waals surface area contributed by atoms with E-state index in [2.05, 4.69) is 15.0 Å². The van der Waals surface area contributed by atoms with E-state index in [4.69, 9.17) is 10.8 Å². The molecular formula is C11H20N4O2S. The van der Waals surface area contributed by atoms with E-state index in [0.717, 1.165) is 18.0 Å². The first-order valence-electron chi connectivity index (χ1n) is 5.92. The van der Waals surface area contributed by atoms with Crippen molar-refractivity contribution in [3.8, 4) is 0 Å². The van der Waals surface area contributed by atoms with E-state index in [1.54, 1.807) is 0 Å². The molecule has 0 spiro atoms. The number of nitrogens with zero attached hydrogens (tertiary/aromatic N) is 1. The smallest absolute Gasteiger partial charge is 0.258 e. The van der Waals surface area contributed by atoms with Crippen molar-refractivity contribution < 1.29 is 9.90 Å². The molecule has 1 unspecified atom stereocenters. The Bertz CT molecular complexity index is 402. The molecule has 1 aromatic heterocycles. The molecule has 0 saturated heterocycles. The van der Waals surface area contributed by atoms with Crippen LogP contribution in [0.4, 0.5) is 10.8 Å². The van der Waals surface area contributed by atoms with Gasteiger partial charge in [-0.25, -0.2) is 0 Å². The van der Waals surface area contributed by atoms with Crippen molar-refractivity contribution in [3.05, 3.63) is 5.56 Å². The van der Waals surface area contributed by atoms with Crippen LogP contribution in [0, 0.1) is 0 Å². The first kappa shape index (κ1) is 14.7. The third-order valence-corrected chi connectivity index (χ3v) is 3.21. The van der Waals surface area contributed by atoms with Crippen LogP contribution in [-0.2, 0) is 0 Å². The average Bonchev–Trinajstić information content (AvgIpc) is 2.66. The first-order chi connectivity index (χ1) is 8.49. The van der Waals surface area contributed by atoms with Gasteiger partial charge in [-0.15, -0.1) is 0 Å². The lowest BCUT2D eigenvalue weighted by Crippen LogP contribution is -2.31. The predicted molar refractivity (Wildman–Crippen MR) is 73.9 cm³/mol. The zero-order valence-corrected chi connectivity index (χ0v) is 11.7. The molecule has 5 N–H and O–H groups in total. The molecule has 0 fully saturated rings. The molecule has 1 rings (SSSR count). The van der Waals surface area contributed by atoms with Crippen LogP contribution in [0.5, 0.6) is 0 Å². The molecule has 1 aromatic rings. The highest BCUT2D eigenvalue weighted by Gasteiger charge is 2.21. The summed E-state index contributed by atoms with van der Waals surface area (Å²) in [5.74, 6) is -0.0278. The van der Waals surface area contributed by atoms with Crippen LogP contribution in [0.3, 0.4) is 0 Å². The van der Waals surface area contributed by atoms with Gasteiger partial charge in [0.2, 0.25) is 0 Å². The summed E-state index contributed by atoms with van der Waals surface area (Å²) >= 11 is 1.13. The van der Waals surface area contributed by atoms with Crippen molar-refractivity contribution in [2.75, 3.05) is 17.7 Å². The Balaban J connectivity index is 2.90. The van der Waals surface area contributed by atoms with Crippen LogP contribution < -0.4 is 16.4 Å². The molecule has 7 heteroatoms. The molecule has 6 nitrogen and oxygen atoms in total. The molecule has 0 aliphatic heterocycles. The standard InChI is InChI=1S/C11H20N4O2S/c1-4-7(5-16)14-11-8(9(12)15-18-11)10(17)13-6(2)3/h6-7,14,16H,4-5H2,1-3H3,(H2,12,15)(H,13,17). The monoisotopic (exact) mass is 272 g/mol. The number of rotatable bonds is 6. The van der Waals surface area contributed by atoms with E-state index in [-0.39, 0.29) is 30.4 Å². The Morgan fingerprint density at radius 1 is 1.56 bits per heavy atom. The van der Waals surface area contributed by atoms with Crippen LogP contribution in [0.25, 0.3) is 0 Å². The third-order valence-electron chi connectivity index (χ3n) is 2.41. The second-order valence-electron chi connectivity index (χ2n) is 4.33. The molecule has 0 radical (unpaired) electrons. The topological polar surface area (TPSA) is 100 Å². The van der Waals surface area contributed by atoms with E-state index in [9.17, 15) is 4.79 Å². The highest BCUT2D eigenvalue weighted by molar-refractivity contribution is 7.11. The summed E-state index contributed by atoms with van der Waals surface area (Å²) in [6.45, 7) is 5.71. The number of nitrogen functional groups attached to an aromatic ring is 1. The van der Waals surface area contributed by atoms with Crippen molar-refractivity contribution in [1.29, 1.82) is 0 Å². The molecule has 102 valence electrons. The fourth-order valence-electron chi connectivity index (χ4n) is 1.42. The molecule has 1 amide bonds. The zero-order chi connectivity index (χ0) is 13.7. The van der Waals surface area contributed by atoms with Gasteiger partial charge >= 0.3 is 0 Å². The van der Waals surface area contributed by atoms with Crippen molar-refractivity contribution >= 4 is 28.3 Å². The maximum absolute atomic E-state index is 12.0. The van der Waals surface area contributed by atoms with E-state index in [1.165, 1.54) is 0 Å². The van der Waals surface area contributed by atoms with E-state index in [1.807, 2.05) is 20.8 Å². The number of nitrogens with two attached hydrogens (primary N) is 1. The molecule has 1 heterocycles. The Kier molecular flexibility index (Phi) is 5.36. The van der Waals surface area contributed by atoms with Gasteiger partial charge < -0.3 is 21.5 Å². The van der Waals surface area contributed by atoms with Crippen molar-refractivity contribution in [2.24, 2.45) is 0 Å². The van der Waals surface area contributed by atoms with Gasteiger partial charge in [0.05, 0.1) is 6.61 Å². The van der Waals surface area contributed by atoms with Crippen LogP contribution in [-0.4, -0.2) is 34.1 Å². The normalized spacial score (nSPS) is 12.5. The number of aliphatic hydroxyl groups excluding tert-OH is 1. The maximum atomic E-state index is 12.0. The number of carbonyl (C=O) groups is 1. The molecule has 0 aliphatic carbocycles. The number of nitrogens with one attached hydrogen (secondary N) is 2. The summed E-state index contributed by atoms with van der Waals surface area (Å²) in [6, 6.07) is -0.0695. The number of amides is 1. The van der Waals surface area contributed by atoms with Gasteiger partial charge in [0.1, 0.15) is 10.6 Å². The van der Waals surface area contributed by atoms with Gasteiger partial charge in [0.15, 0.2) is 5.82 Å². The van der Waals surface area contributed by atoms with Gasteiger partial charge in [0, 0.05) is 12.1 Å². The zero-order valence-electron chi connectivity index (χ0n) is 10.9. The number of carbonyl (C=O) groups excluding carboxylic acids is 1. The Morgan fingerprint density at radius 2 is 2.22 bits per heavy atom. The lowest BCUT2D eigenvalue weighted by Gasteiger charge is -2.15. The van der Waals surface area contributed by atoms with E-state index < -0.39 is 0 Å². The lowest BCUT2D eigenvalue weighted by molar-refractivity contribution is 0.0945. The number of hydrogen-bond acceptors (Lipinski definition) is 6. The molecule has 0 bridgehead atoms. The maximum Gasteiger partial charge on any atom is 0.258 e. The number of aliphatic hydroxyl groups is 1. The van der Waals surface area contributed by atoms with Gasteiger partial charge in [0.25, 0.3) is 5.91 Å². The van der Waals surface area contributed by atoms with Crippen LogP contribution in [0.2, 0.25) is 0 Å². The highest BCUT2D eigenvalue weighted by Crippen LogP contribution is 2.27. The summed E-state index contributed by atoms with van der Waals surface area (Å²) in [6.07, 6.45) is 0.750. The second kappa shape index (κ2) is 6.55. The van der Waals surface area contributed by atoms with Crippen LogP contribution in [0.15, 0.2) is 0 Å². The minimum Gasteiger partial charge on any atom is -0.394 e. The Labute approximate surface area is 111 Å². The SMILES string of the molecule is CCC(CO)Nc1snc(N)c1C(=O)NC(C)C. The molecule has 0 aliphatic rings. The largest absolute Gasteiger partial charge is 0.394 e. The molecule has 1 atom stereocenters. The highest BCUT2D eigenvalue weighted by atomic mass is 32.1. The van der Waals surface area contributed by atoms with Crippen molar-refractivity contribution in [1.82, 2.24) is 9.69 Å². The van der Waals surface area contributed by atoms with Crippen molar-refractivity contribution in [3.63, 3.8) is 0 Å². The minimum absolute atomic E-state index is 0.000452. The van der Waals surface area contributed by atoms with Gasteiger partial charge in [-0.2, -0.15) is 4.37 Å². The third kappa shape index (κ3) is 3.58. The summed E-state index contributed by atoms with van der Waals surface area (Å²) < 4.78 is 3.98. The first-order valence-corrected chi connectivity index (χ1v) is 6.70. The summed E-state index contributed by atoms with van der Waals surface area (Å²) in [5, 5.41) is 15.6. The fourth-order valence-corrected chi connectivity index (χ4v) is 2.21. The van der Waals surface area contributed by atoms with Crippen LogP contribution in [0.1, 0.15) is 37.6 Å². The number of hydrogen-bond donors (Lipinski definition) is 4. The number of anilines is 2. The van der Waals surface area contributed by atoms with Crippen LogP contribution >= 0.6 is 11.5 Å². The van der Waals surface area contributed by atoms with Gasteiger partial charge in [-0.1, -0.05) is 6.92 Å². The second-order valence-corrected chi connectivity index (χ2v) is 5.11. The van der Waals surface area contributed by atoms with Gasteiger partial charge in [-0.05, 0) is 31.8 Å². The van der Waals surface area contributed by atoms with Gasteiger partial charge in [-0.3, -0.25) is 4.79 Å².